The van der Waals surface area contributed by atoms with Crippen LogP contribution >= 0.6 is 11.6 Å². The van der Waals surface area contributed by atoms with E-state index in [1.807, 2.05) is 31.2 Å². The summed E-state index contributed by atoms with van der Waals surface area (Å²) in [5.74, 6) is 0.526. The fraction of sp³-hybridized carbons (Fsp3) is 0.182. The van der Waals surface area contributed by atoms with E-state index in [1.54, 1.807) is 24.5 Å². The van der Waals surface area contributed by atoms with Gasteiger partial charge in [-0.05, 0) is 30.7 Å². The molecule has 0 spiro atoms. The molecule has 8 heteroatoms. The first kappa shape index (κ1) is 19.8. The lowest BCUT2D eigenvalue weighted by Gasteiger charge is -2.06. The van der Waals surface area contributed by atoms with Gasteiger partial charge < -0.3 is 9.15 Å². The van der Waals surface area contributed by atoms with E-state index >= 15 is 0 Å². The maximum Gasteiger partial charge on any atom is 0.306 e. The van der Waals surface area contributed by atoms with Crippen LogP contribution in [0.3, 0.4) is 0 Å². The number of fused-ring (bicyclic) bond motifs is 1. The van der Waals surface area contributed by atoms with Gasteiger partial charge in [-0.15, -0.1) is 0 Å². The maximum atomic E-state index is 12.2. The largest absolute Gasteiger partial charge is 0.459 e. The number of nitrogens with zero attached hydrogens (tertiary/aromatic N) is 3. The number of aryl methyl sites for hydroxylation is 2. The molecule has 152 valence electrons. The van der Waals surface area contributed by atoms with Crippen LogP contribution in [-0.4, -0.2) is 20.3 Å². The molecule has 4 rings (SSSR count). The number of rotatable bonds is 6. The third kappa shape index (κ3) is 4.41. The van der Waals surface area contributed by atoms with E-state index in [1.165, 1.54) is 10.5 Å². The van der Waals surface area contributed by atoms with Crippen molar-refractivity contribution in [2.45, 2.75) is 26.4 Å². The quantitative estimate of drug-likeness (QED) is 0.436. The molecule has 0 aliphatic heterocycles. The molecule has 7 nitrogen and oxygen atoms in total. The van der Waals surface area contributed by atoms with Gasteiger partial charge >= 0.3 is 5.97 Å². The van der Waals surface area contributed by atoms with Crippen LogP contribution in [0.15, 0.2) is 64.1 Å². The van der Waals surface area contributed by atoms with E-state index in [2.05, 4.69) is 9.97 Å². The first-order valence-corrected chi connectivity index (χ1v) is 9.71. The van der Waals surface area contributed by atoms with Crippen molar-refractivity contribution in [2.24, 2.45) is 0 Å². The molecule has 0 saturated heterocycles. The Morgan fingerprint density at radius 2 is 2.07 bits per heavy atom. The summed E-state index contributed by atoms with van der Waals surface area (Å²) in [4.78, 5) is 32.8. The van der Waals surface area contributed by atoms with E-state index in [-0.39, 0.29) is 25.0 Å². The Bertz CT molecular complexity index is 1280. The van der Waals surface area contributed by atoms with Crippen LogP contribution in [0, 0.1) is 6.92 Å². The first-order valence-electron chi connectivity index (χ1n) is 9.34. The van der Waals surface area contributed by atoms with Crippen LogP contribution in [0.25, 0.3) is 17.0 Å². The highest BCUT2D eigenvalue weighted by Crippen LogP contribution is 2.28. The maximum absolute atomic E-state index is 12.2. The van der Waals surface area contributed by atoms with Gasteiger partial charge in [0, 0.05) is 24.2 Å². The number of carbonyl (C=O) groups is 1. The number of hydrogen-bond acceptors (Lipinski definition) is 6. The summed E-state index contributed by atoms with van der Waals surface area (Å²) in [5, 5.41) is 0.563. The van der Waals surface area contributed by atoms with E-state index < -0.39 is 5.97 Å². The number of pyridine rings is 1. The van der Waals surface area contributed by atoms with Gasteiger partial charge in [0.05, 0.1) is 23.3 Å². The molecule has 0 unspecified atom stereocenters. The first-order chi connectivity index (χ1) is 14.5. The van der Waals surface area contributed by atoms with Crippen LogP contribution in [-0.2, 0) is 22.6 Å². The van der Waals surface area contributed by atoms with Crippen molar-refractivity contribution in [1.82, 2.24) is 14.4 Å². The lowest BCUT2D eigenvalue weighted by molar-refractivity contribution is -0.145. The second-order valence-electron chi connectivity index (χ2n) is 6.78. The van der Waals surface area contributed by atoms with Crippen molar-refractivity contribution in [1.29, 1.82) is 0 Å². The fourth-order valence-electron chi connectivity index (χ4n) is 2.98. The van der Waals surface area contributed by atoms with Gasteiger partial charge in [0.25, 0.3) is 5.56 Å². The number of aromatic nitrogens is 3. The molecule has 3 heterocycles. The average Bonchev–Trinajstić information content (AvgIpc) is 3.20. The number of benzene rings is 1. The van der Waals surface area contributed by atoms with Gasteiger partial charge in [0.1, 0.15) is 12.3 Å². The Morgan fingerprint density at radius 3 is 2.90 bits per heavy atom. The Morgan fingerprint density at radius 1 is 1.23 bits per heavy atom. The molecule has 0 aliphatic carbocycles. The summed E-state index contributed by atoms with van der Waals surface area (Å²) in [6.45, 7) is 1.82. The zero-order chi connectivity index (χ0) is 21.1. The minimum absolute atomic E-state index is 0.0745. The summed E-state index contributed by atoms with van der Waals surface area (Å²) in [6, 6.07) is 12.3. The number of ether oxygens (including phenoxy) is 1. The number of halogens is 1. The van der Waals surface area contributed by atoms with Crippen molar-refractivity contribution in [3.8, 4) is 11.3 Å². The van der Waals surface area contributed by atoms with Gasteiger partial charge in [0.15, 0.2) is 11.7 Å². The normalized spacial score (nSPS) is 11.0. The summed E-state index contributed by atoms with van der Waals surface area (Å²) in [6.07, 6.45) is 3.67. The number of esters is 1. The summed E-state index contributed by atoms with van der Waals surface area (Å²) in [5.41, 5.74) is 2.38. The summed E-state index contributed by atoms with van der Waals surface area (Å²) in [7, 11) is 0. The smallest absolute Gasteiger partial charge is 0.306 e. The Balaban J connectivity index is 1.35. The van der Waals surface area contributed by atoms with Crippen LogP contribution in [0.5, 0.6) is 0 Å². The van der Waals surface area contributed by atoms with E-state index in [0.29, 0.717) is 28.0 Å². The van der Waals surface area contributed by atoms with E-state index in [0.717, 1.165) is 11.1 Å². The molecule has 0 bridgehead atoms. The SMILES string of the molecule is Cc1ccc2nc(COC(=O)CCc3ncc(-c4ccccc4Cl)o3)cc(=O)n2c1. The lowest BCUT2D eigenvalue weighted by atomic mass is 10.2. The number of hydrogen-bond donors (Lipinski definition) is 0. The predicted molar refractivity (Wildman–Crippen MR) is 111 cm³/mol. The summed E-state index contributed by atoms with van der Waals surface area (Å²) < 4.78 is 12.4. The van der Waals surface area contributed by atoms with Crippen molar-refractivity contribution >= 4 is 23.2 Å². The lowest BCUT2D eigenvalue weighted by Crippen LogP contribution is -2.17. The van der Waals surface area contributed by atoms with Gasteiger partial charge in [-0.1, -0.05) is 29.8 Å². The van der Waals surface area contributed by atoms with Crippen molar-refractivity contribution < 1.29 is 13.9 Å². The van der Waals surface area contributed by atoms with Crippen LogP contribution in [0.4, 0.5) is 0 Å². The number of carbonyl (C=O) groups excluding carboxylic acids is 1. The molecule has 30 heavy (non-hydrogen) atoms. The fourth-order valence-corrected chi connectivity index (χ4v) is 3.21. The highest BCUT2D eigenvalue weighted by Gasteiger charge is 2.12. The predicted octanol–water partition coefficient (Wildman–Crippen LogP) is 3.99. The molecule has 0 saturated carbocycles. The molecule has 0 N–H and O–H groups in total. The zero-order valence-electron chi connectivity index (χ0n) is 16.2. The second kappa shape index (κ2) is 8.51. The second-order valence-corrected chi connectivity index (χ2v) is 7.19. The Kier molecular flexibility index (Phi) is 5.63. The van der Waals surface area contributed by atoms with Gasteiger partial charge in [-0.3, -0.25) is 14.0 Å². The zero-order valence-corrected chi connectivity index (χ0v) is 16.9. The highest BCUT2D eigenvalue weighted by molar-refractivity contribution is 6.33. The van der Waals surface area contributed by atoms with E-state index in [9.17, 15) is 9.59 Å². The topological polar surface area (TPSA) is 86.7 Å². The summed E-state index contributed by atoms with van der Waals surface area (Å²) >= 11 is 6.16. The molecule has 0 amide bonds. The molecule has 0 aliphatic rings. The minimum atomic E-state index is -0.432. The van der Waals surface area contributed by atoms with Crippen LogP contribution in [0.2, 0.25) is 5.02 Å². The van der Waals surface area contributed by atoms with Gasteiger partial charge in [-0.25, -0.2) is 9.97 Å². The molecular weight excluding hydrogens is 406 g/mol. The molecule has 0 radical (unpaired) electrons. The van der Waals surface area contributed by atoms with Crippen molar-refractivity contribution in [3.05, 3.63) is 87.4 Å². The van der Waals surface area contributed by atoms with Gasteiger partial charge in [-0.2, -0.15) is 0 Å². The Labute approximate surface area is 176 Å². The molecular formula is C22H18ClN3O4. The van der Waals surface area contributed by atoms with Gasteiger partial charge in [0.2, 0.25) is 0 Å². The van der Waals surface area contributed by atoms with Crippen LogP contribution in [0.1, 0.15) is 23.6 Å². The Hall–Kier alpha value is -3.45. The molecule has 1 aromatic carbocycles. The van der Waals surface area contributed by atoms with Crippen molar-refractivity contribution in [3.63, 3.8) is 0 Å². The molecule has 3 aromatic heterocycles. The monoisotopic (exact) mass is 423 g/mol. The van der Waals surface area contributed by atoms with E-state index in [4.69, 9.17) is 20.8 Å². The number of oxazole rings is 1. The standard InChI is InChI=1S/C22H18ClN3O4/c1-14-6-7-19-25-15(10-21(27)26(19)12-14)13-29-22(28)9-8-20-24-11-18(30-20)16-4-2-3-5-17(16)23/h2-7,10-12H,8-9,13H2,1H3. The molecule has 0 fully saturated rings. The highest BCUT2D eigenvalue weighted by atomic mass is 35.5. The molecule has 4 aromatic rings. The van der Waals surface area contributed by atoms with Crippen LogP contribution < -0.4 is 5.56 Å². The molecule has 0 atom stereocenters. The third-order valence-electron chi connectivity index (χ3n) is 4.48. The van der Waals surface area contributed by atoms with Crippen molar-refractivity contribution in [2.75, 3.05) is 0 Å². The average molecular weight is 424 g/mol. The minimum Gasteiger partial charge on any atom is -0.459 e. The third-order valence-corrected chi connectivity index (χ3v) is 4.81.